The molecule has 0 aliphatic carbocycles. The molecular formula is C9H10F2N2. The maximum absolute atomic E-state index is 12.5. The summed E-state index contributed by atoms with van der Waals surface area (Å²) >= 11 is 0. The number of aryl methyl sites for hydroxylation is 1. The summed E-state index contributed by atoms with van der Waals surface area (Å²) in [6, 6.07) is 3.66. The Hall–Kier alpha value is -1.19. The Morgan fingerprint density at radius 3 is 2.69 bits per heavy atom. The highest BCUT2D eigenvalue weighted by molar-refractivity contribution is 5.44. The van der Waals surface area contributed by atoms with Gasteiger partial charge in [-0.1, -0.05) is 0 Å². The summed E-state index contributed by atoms with van der Waals surface area (Å²) < 4.78 is 25.0. The topological polar surface area (TPSA) is 16.1 Å². The molecule has 1 aromatic heterocycles. The van der Waals surface area contributed by atoms with Crippen molar-refractivity contribution in [2.75, 3.05) is 18.0 Å². The normalized spacial score (nSPS) is 19.8. The number of anilines is 1. The Balaban J connectivity index is 2.11. The summed E-state index contributed by atoms with van der Waals surface area (Å²) in [7, 11) is 0. The fraction of sp³-hybridized carbons (Fsp3) is 0.444. The average molecular weight is 184 g/mol. The number of hydrogen-bond donors (Lipinski definition) is 0. The first kappa shape index (κ1) is 8.41. The molecule has 70 valence electrons. The number of nitrogens with zero attached hydrogens (tertiary/aromatic N) is 2. The maximum Gasteiger partial charge on any atom is 0.282 e. The monoisotopic (exact) mass is 184 g/mol. The molecule has 13 heavy (non-hydrogen) atoms. The van der Waals surface area contributed by atoms with E-state index in [4.69, 9.17) is 0 Å². The van der Waals surface area contributed by atoms with Gasteiger partial charge in [0.2, 0.25) is 0 Å². The standard InChI is InChI=1S/C9H10F2N2/c1-7-2-3-12-8(4-7)13-5-9(10,11)6-13/h2-4H,5-6H2,1H3. The Labute approximate surface area is 75.2 Å². The molecule has 1 aliphatic rings. The summed E-state index contributed by atoms with van der Waals surface area (Å²) in [5.74, 6) is -1.88. The van der Waals surface area contributed by atoms with Gasteiger partial charge < -0.3 is 4.90 Å². The molecular weight excluding hydrogens is 174 g/mol. The summed E-state index contributed by atoms with van der Waals surface area (Å²) in [5.41, 5.74) is 1.04. The lowest BCUT2D eigenvalue weighted by molar-refractivity contribution is -0.0267. The fourth-order valence-electron chi connectivity index (χ4n) is 1.37. The van der Waals surface area contributed by atoms with Crippen LogP contribution < -0.4 is 4.90 Å². The Kier molecular flexibility index (Phi) is 1.71. The van der Waals surface area contributed by atoms with Crippen LogP contribution in [0.25, 0.3) is 0 Å². The zero-order valence-corrected chi connectivity index (χ0v) is 7.30. The lowest BCUT2D eigenvalue weighted by Gasteiger charge is -2.39. The van der Waals surface area contributed by atoms with Crippen LogP contribution in [-0.4, -0.2) is 24.0 Å². The molecule has 2 heterocycles. The maximum atomic E-state index is 12.5. The molecule has 0 amide bonds. The minimum atomic E-state index is -2.52. The van der Waals surface area contributed by atoms with Crippen molar-refractivity contribution in [1.82, 2.24) is 4.98 Å². The summed E-state index contributed by atoms with van der Waals surface area (Å²) in [4.78, 5) is 5.60. The average Bonchev–Trinajstić information content (AvgIpc) is 2.00. The molecule has 0 bridgehead atoms. The van der Waals surface area contributed by atoms with E-state index in [2.05, 4.69) is 4.98 Å². The van der Waals surface area contributed by atoms with Gasteiger partial charge in [0, 0.05) is 6.20 Å². The minimum Gasteiger partial charge on any atom is -0.344 e. The van der Waals surface area contributed by atoms with Crippen molar-refractivity contribution in [3.05, 3.63) is 23.9 Å². The van der Waals surface area contributed by atoms with E-state index >= 15 is 0 Å². The van der Waals surface area contributed by atoms with Gasteiger partial charge in [-0.2, -0.15) is 0 Å². The highest BCUT2D eigenvalue weighted by atomic mass is 19.3. The second-order valence-corrected chi connectivity index (χ2v) is 3.40. The summed E-state index contributed by atoms with van der Waals surface area (Å²) in [5, 5.41) is 0. The largest absolute Gasteiger partial charge is 0.344 e. The van der Waals surface area contributed by atoms with E-state index in [1.807, 2.05) is 19.1 Å². The van der Waals surface area contributed by atoms with E-state index in [1.165, 1.54) is 0 Å². The van der Waals surface area contributed by atoms with Crippen LogP contribution >= 0.6 is 0 Å². The number of hydrogen-bond acceptors (Lipinski definition) is 2. The van der Waals surface area contributed by atoms with E-state index in [0.29, 0.717) is 5.82 Å². The van der Waals surface area contributed by atoms with Gasteiger partial charge in [0.25, 0.3) is 5.92 Å². The number of pyridine rings is 1. The Bertz CT molecular complexity index is 317. The highest BCUT2D eigenvalue weighted by Crippen LogP contribution is 2.30. The minimum absolute atomic E-state index is 0.205. The quantitative estimate of drug-likeness (QED) is 0.662. The van der Waals surface area contributed by atoms with Crippen LogP contribution in [0.1, 0.15) is 5.56 Å². The highest BCUT2D eigenvalue weighted by Gasteiger charge is 2.44. The molecule has 0 N–H and O–H groups in total. The number of aromatic nitrogens is 1. The molecule has 0 atom stereocenters. The van der Waals surface area contributed by atoms with Crippen LogP contribution in [0.15, 0.2) is 18.3 Å². The van der Waals surface area contributed by atoms with Gasteiger partial charge in [-0.25, -0.2) is 13.8 Å². The van der Waals surface area contributed by atoms with E-state index in [0.717, 1.165) is 5.56 Å². The molecule has 1 aromatic rings. The van der Waals surface area contributed by atoms with Gasteiger partial charge in [0.1, 0.15) is 5.82 Å². The van der Waals surface area contributed by atoms with Crippen molar-refractivity contribution in [3.63, 3.8) is 0 Å². The second kappa shape index (κ2) is 2.65. The van der Waals surface area contributed by atoms with Crippen molar-refractivity contribution < 1.29 is 8.78 Å². The second-order valence-electron chi connectivity index (χ2n) is 3.40. The third kappa shape index (κ3) is 1.61. The fourth-order valence-corrected chi connectivity index (χ4v) is 1.37. The Morgan fingerprint density at radius 1 is 1.46 bits per heavy atom. The first-order chi connectivity index (χ1) is 6.07. The van der Waals surface area contributed by atoms with Crippen LogP contribution in [0.2, 0.25) is 0 Å². The smallest absolute Gasteiger partial charge is 0.282 e. The SMILES string of the molecule is Cc1ccnc(N2CC(F)(F)C2)c1. The predicted molar refractivity (Wildman–Crippen MR) is 46.1 cm³/mol. The van der Waals surface area contributed by atoms with E-state index in [-0.39, 0.29) is 13.1 Å². The third-order valence-electron chi connectivity index (χ3n) is 2.07. The van der Waals surface area contributed by atoms with Crippen molar-refractivity contribution in [2.45, 2.75) is 12.8 Å². The van der Waals surface area contributed by atoms with Gasteiger partial charge in [-0.3, -0.25) is 0 Å². The molecule has 0 aromatic carbocycles. The molecule has 0 spiro atoms. The van der Waals surface area contributed by atoms with E-state index in [1.54, 1.807) is 11.1 Å². The third-order valence-corrected chi connectivity index (χ3v) is 2.07. The Morgan fingerprint density at radius 2 is 2.15 bits per heavy atom. The number of alkyl halides is 2. The van der Waals surface area contributed by atoms with Crippen LogP contribution in [0.3, 0.4) is 0 Å². The number of halogens is 2. The van der Waals surface area contributed by atoms with Crippen molar-refractivity contribution in [2.24, 2.45) is 0 Å². The molecule has 0 saturated carbocycles. The van der Waals surface area contributed by atoms with Crippen LogP contribution in [-0.2, 0) is 0 Å². The van der Waals surface area contributed by atoms with Gasteiger partial charge in [0.15, 0.2) is 0 Å². The van der Waals surface area contributed by atoms with Crippen molar-refractivity contribution in [1.29, 1.82) is 0 Å². The van der Waals surface area contributed by atoms with Crippen molar-refractivity contribution in [3.8, 4) is 0 Å². The summed E-state index contributed by atoms with van der Waals surface area (Å²) in [6.45, 7) is 1.51. The lowest BCUT2D eigenvalue weighted by atomic mass is 10.1. The molecule has 4 heteroatoms. The van der Waals surface area contributed by atoms with E-state index in [9.17, 15) is 8.78 Å². The molecule has 1 fully saturated rings. The lowest BCUT2D eigenvalue weighted by Crippen LogP contribution is -2.56. The van der Waals surface area contributed by atoms with Crippen LogP contribution in [0.5, 0.6) is 0 Å². The predicted octanol–water partition coefficient (Wildman–Crippen LogP) is 1.85. The zero-order chi connectivity index (χ0) is 9.47. The number of rotatable bonds is 1. The molecule has 0 radical (unpaired) electrons. The molecule has 2 rings (SSSR count). The van der Waals surface area contributed by atoms with Crippen molar-refractivity contribution >= 4 is 5.82 Å². The first-order valence-electron chi connectivity index (χ1n) is 4.12. The van der Waals surface area contributed by atoms with Gasteiger partial charge in [-0.05, 0) is 24.6 Å². The van der Waals surface area contributed by atoms with Gasteiger partial charge in [-0.15, -0.1) is 0 Å². The molecule has 0 unspecified atom stereocenters. The summed E-state index contributed by atoms with van der Waals surface area (Å²) in [6.07, 6.45) is 1.64. The molecule has 2 nitrogen and oxygen atoms in total. The zero-order valence-electron chi connectivity index (χ0n) is 7.30. The molecule has 1 saturated heterocycles. The molecule has 1 aliphatic heterocycles. The van der Waals surface area contributed by atoms with Gasteiger partial charge in [0.05, 0.1) is 13.1 Å². The van der Waals surface area contributed by atoms with Gasteiger partial charge >= 0.3 is 0 Å². The van der Waals surface area contributed by atoms with Crippen LogP contribution in [0, 0.1) is 6.92 Å². The van der Waals surface area contributed by atoms with Crippen LogP contribution in [0.4, 0.5) is 14.6 Å². The van der Waals surface area contributed by atoms with E-state index < -0.39 is 5.92 Å². The first-order valence-corrected chi connectivity index (χ1v) is 4.12.